The van der Waals surface area contributed by atoms with Crippen molar-refractivity contribution in [2.45, 2.75) is 19.5 Å². The molecule has 0 unspecified atom stereocenters. The fourth-order valence-corrected chi connectivity index (χ4v) is 1.26. The van der Waals surface area contributed by atoms with Gasteiger partial charge in [0.1, 0.15) is 5.67 Å². The number of ether oxygens (including phenoxy) is 1. The van der Waals surface area contributed by atoms with Crippen molar-refractivity contribution >= 4 is 23.3 Å². The second kappa shape index (κ2) is 4.25. The number of nitrogens with zero attached hydrogens (tertiary/aromatic N) is 1. The van der Waals surface area contributed by atoms with Crippen LogP contribution in [0.2, 0.25) is 5.02 Å². The minimum Gasteiger partial charge on any atom is -0.464 e. The largest absolute Gasteiger partial charge is 0.464 e. The van der Waals surface area contributed by atoms with Crippen LogP contribution in [0.3, 0.4) is 0 Å². The Kier molecular flexibility index (Phi) is 3.38. The number of hydrogen-bond donors (Lipinski definition) is 1. The number of alkyl halides is 1. The summed E-state index contributed by atoms with van der Waals surface area (Å²) in [6.45, 7) is 2.62. The van der Waals surface area contributed by atoms with E-state index in [0.29, 0.717) is 0 Å². The summed E-state index contributed by atoms with van der Waals surface area (Å²) in [7, 11) is 1.18. The highest BCUT2D eigenvalue weighted by atomic mass is 35.5. The molecule has 0 atom stereocenters. The van der Waals surface area contributed by atoms with E-state index in [9.17, 15) is 9.18 Å². The Balaban J connectivity index is 3.39. The first-order valence-electron chi connectivity index (χ1n) is 4.51. The van der Waals surface area contributed by atoms with Crippen LogP contribution in [-0.4, -0.2) is 18.1 Å². The van der Waals surface area contributed by atoms with Crippen molar-refractivity contribution in [2.24, 2.45) is 0 Å². The summed E-state index contributed by atoms with van der Waals surface area (Å²) in [6, 6.07) is 1.30. The van der Waals surface area contributed by atoms with Gasteiger partial charge in [0, 0.05) is 0 Å². The fraction of sp³-hybridized carbons (Fsp3) is 0.400. The summed E-state index contributed by atoms with van der Waals surface area (Å²) >= 11 is 5.78. The van der Waals surface area contributed by atoms with Crippen LogP contribution in [0.1, 0.15) is 30.0 Å². The Bertz CT molecular complexity index is 430. The number of methoxy groups -OCH3 is 1. The predicted octanol–water partition coefficient (Wildman–Crippen LogP) is 2.31. The Morgan fingerprint density at radius 2 is 2.19 bits per heavy atom. The summed E-state index contributed by atoms with van der Waals surface area (Å²) < 4.78 is 18.1. The standard InChI is InChI=1S/C10H12ClFN2O2/c1-10(2,12)6-4-5(13)7(11)8(14-6)9(15)16-3/h4H,1-3H3,(H2,13,14). The smallest absolute Gasteiger partial charge is 0.358 e. The van der Waals surface area contributed by atoms with Crippen LogP contribution in [0.15, 0.2) is 6.07 Å². The lowest BCUT2D eigenvalue weighted by molar-refractivity contribution is 0.0593. The van der Waals surface area contributed by atoms with Crippen molar-refractivity contribution in [2.75, 3.05) is 12.8 Å². The molecule has 0 radical (unpaired) electrons. The molecule has 0 aliphatic rings. The number of esters is 1. The van der Waals surface area contributed by atoms with E-state index >= 15 is 0 Å². The number of aromatic nitrogens is 1. The Morgan fingerprint density at radius 3 is 2.62 bits per heavy atom. The van der Waals surface area contributed by atoms with Gasteiger partial charge in [0.2, 0.25) is 0 Å². The molecule has 1 aromatic rings. The molecule has 1 aromatic heterocycles. The molecule has 6 heteroatoms. The van der Waals surface area contributed by atoms with Gasteiger partial charge in [-0.15, -0.1) is 0 Å². The third-order valence-electron chi connectivity index (χ3n) is 1.97. The van der Waals surface area contributed by atoms with Crippen molar-refractivity contribution in [3.63, 3.8) is 0 Å². The van der Waals surface area contributed by atoms with E-state index in [2.05, 4.69) is 9.72 Å². The minimum absolute atomic E-state index is 0.0279. The first-order chi connectivity index (χ1) is 7.27. The predicted molar refractivity (Wildman–Crippen MR) is 59.1 cm³/mol. The van der Waals surface area contributed by atoms with Gasteiger partial charge in [0.05, 0.1) is 23.5 Å². The number of pyridine rings is 1. The van der Waals surface area contributed by atoms with E-state index in [1.54, 1.807) is 0 Å². The molecule has 0 aliphatic heterocycles. The maximum Gasteiger partial charge on any atom is 0.358 e. The van der Waals surface area contributed by atoms with Crippen LogP contribution >= 0.6 is 11.6 Å². The summed E-state index contributed by atoms with van der Waals surface area (Å²) in [5.41, 5.74) is 3.81. The van der Waals surface area contributed by atoms with Gasteiger partial charge in [0.15, 0.2) is 5.69 Å². The number of hydrogen-bond acceptors (Lipinski definition) is 4. The zero-order valence-corrected chi connectivity index (χ0v) is 9.93. The van der Waals surface area contributed by atoms with Gasteiger partial charge in [-0.3, -0.25) is 0 Å². The van der Waals surface area contributed by atoms with Crippen LogP contribution in [0.25, 0.3) is 0 Å². The average molecular weight is 247 g/mol. The van der Waals surface area contributed by atoms with Crippen LogP contribution in [0.4, 0.5) is 10.1 Å². The topological polar surface area (TPSA) is 65.2 Å². The van der Waals surface area contributed by atoms with Gasteiger partial charge in [-0.2, -0.15) is 0 Å². The van der Waals surface area contributed by atoms with E-state index < -0.39 is 11.6 Å². The van der Waals surface area contributed by atoms with Crippen LogP contribution in [-0.2, 0) is 10.4 Å². The molecule has 2 N–H and O–H groups in total. The van der Waals surface area contributed by atoms with E-state index in [1.165, 1.54) is 27.0 Å². The Hall–Kier alpha value is -1.36. The molecule has 0 amide bonds. The molecule has 0 spiro atoms. The molecule has 0 fully saturated rings. The molecule has 0 aromatic carbocycles. The van der Waals surface area contributed by atoms with Crippen molar-refractivity contribution in [1.82, 2.24) is 4.98 Å². The number of halogens is 2. The summed E-state index contributed by atoms with van der Waals surface area (Å²) in [6.07, 6.45) is 0. The number of nitrogen functional groups attached to an aromatic ring is 1. The van der Waals surface area contributed by atoms with Gasteiger partial charge in [-0.05, 0) is 19.9 Å². The first kappa shape index (κ1) is 12.7. The van der Waals surface area contributed by atoms with E-state index in [0.717, 1.165) is 0 Å². The van der Waals surface area contributed by atoms with Gasteiger partial charge in [-0.25, -0.2) is 14.2 Å². The molecule has 0 saturated carbocycles. The quantitative estimate of drug-likeness (QED) is 0.814. The van der Waals surface area contributed by atoms with Crippen molar-refractivity contribution in [1.29, 1.82) is 0 Å². The molecule has 0 aliphatic carbocycles. The average Bonchev–Trinajstić information content (AvgIpc) is 2.19. The molecular weight excluding hydrogens is 235 g/mol. The zero-order valence-electron chi connectivity index (χ0n) is 9.17. The normalized spacial score (nSPS) is 11.3. The Labute approximate surface area is 97.6 Å². The second-order valence-electron chi connectivity index (χ2n) is 3.72. The van der Waals surface area contributed by atoms with E-state index in [-0.39, 0.29) is 22.1 Å². The van der Waals surface area contributed by atoms with Crippen molar-refractivity contribution in [3.8, 4) is 0 Å². The maximum atomic E-state index is 13.7. The second-order valence-corrected chi connectivity index (χ2v) is 4.10. The molecule has 16 heavy (non-hydrogen) atoms. The third-order valence-corrected chi connectivity index (χ3v) is 2.37. The third kappa shape index (κ3) is 2.41. The van der Waals surface area contributed by atoms with Gasteiger partial charge < -0.3 is 10.5 Å². The minimum atomic E-state index is -1.71. The zero-order chi connectivity index (χ0) is 12.5. The van der Waals surface area contributed by atoms with E-state index in [4.69, 9.17) is 17.3 Å². The van der Waals surface area contributed by atoms with Gasteiger partial charge in [-0.1, -0.05) is 11.6 Å². The number of carbonyl (C=O) groups is 1. The van der Waals surface area contributed by atoms with E-state index in [1.807, 2.05) is 0 Å². The highest BCUT2D eigenvalue weighted by molar-refractivity contribution is 6.35. The summed E-state index contributed by atoms with van der Waals surface area (Å²) in [4.78, 5) is 15.1. The molecule has 1 heterocycles. The molecule has 88 valence electrons. The monoisotopic (exact) mass is 246 g/mol. The van der Waals surface area contributed by atoms with Crippen molar-refractivity contribution < 1.29 is 13.9 Å². The highest BCUT2D eigenvalue weighted by Gasteiger charge is 2.25. The highest BCUT2D eigenvalue weighted by Crippen LogP contribution is 2.30. The molecule has 0 bridgehead atoms. The van der Waals surface area contributed by atoms with Gasteiger partial charge >= 0.3 is 5.97 Å². The van der Waals surface area contributed by atoms with Crippen molar-refractivity contribution in [3.05, 3.63) is 22.5 Å². The van der Waals surface area contributed by atoms with Gasteiger partial charge in [0.25, 0.3) is 0 Å². The molecule has 1 rings (SSSR count). The summed E-state index contributed by atoms with van der Waals surface area (Å²) in [5, 5.41) is -0.0279. The van der Waals surface area contributed by atoms with Crippen LogP contribution in [0, 0.1) is 0 Å². The van der Waals surface area contributed by atoms with Crippen LogP contribution < -0.4 is 5.73 Å². The fourth-order valence-electron chi connectivity index (χ4n) is 1.09. The number of nitrogens with two attached hydrogens (primary N) is 1. The number of anilines is 1. The number of carbonyl (C=O) groups excluding carboxylic acids is 1. The summed E-state index contributed by atoms with van der Waals surface area (Å²) in [5.74, 6) is -0.747. The SMILES string of the molecule is COC(=O)c1nc(C(C)(C)F)cc(N)c1Cl. The Morgan fingerprint density at radius 1 is 1.62 bits per heavy atom. The lowest BCUT2D eigenvalue weighted by Crippen LogP contribution is -2.16. The lowest BCUT2D eigenvalue weighted by atomic mass is 10.1. The maximum absolute atomic E-state index is 13.7. The first-order valence-corrected chi connectivity index (χ1v) is 4.89. The lowest BCUT2D eigenvalue weighted by Gasteiger charge is -2.15. The molecule has 0 saturated heterocycles. The molecule has 4 nitrogen and oxygen atoms in total. The number of rotatable bonds is 2. The molecular formula is C10H12ClFN2O2. The van der Waals surface area contributed by atoms with Crippen LogP contribution in [0.5, 0.6) is 0 Å².